The fourth-order valence-electron chi connectivity index (χ4n) is 3.15. The highest BCUT2D eigenvalue weighted by Gasteiger charge is 2.56. The Hall–Kier alpha value is -2.94. The van der Waals surface area contributed by atoms with Gasteiger partial charge in [-0.2, -0.15) is 13.2 Å². The smallest absolute Gasteiger partial charge is 0.485 e. The fourth-order valence-corrected chi connectivity index (χ4v) is 6.70. The van der Waals surface area contributed by atoms with Gasteiger partial charge in [0.1, 0.15) is 10.6 Å². The standard InChI is InChI=1S/C20H17NO2P.CHF3O3S/c1-21-18-14-8-9-15-19(18)24(23-20(21)22,16-10-4-2-5-11-16)17-12-6-3-7-13-17;2-1(3,4)8(5,6)7/h2-15H,1H3;(H,5,6,7)/q+1;/p-1. The number of carbonyl (C=O) groups is 1. The molecule has 1 amide bonds. The molecule has 11 heteroatoms. The Bertz CT molecular complexity index is 1170. The lowest BCUT2D eigenvalue weighted by Crippen LogP contribution is -2.45. The molecule has 1 aliphatic rings. The van der Waals surface area contributed by atoms with Crippen LogP contribution in [-0.4, -0.2) is 31.6 Å². The van der Waals surface area contributed by atoms with Gasteiger partial charge in [0.15, 0.2) is 15.4 Å². The molecule has 3 aromatic carbocycles. The summed E-state index contributed by atoms with van der Waals surface area (Å²) >= 11 is 0. The van der Waals surface area contributed by atoms with E-state index in [2.05, 4.69) is 30.3 Å². The summed E-state index contributed by atoms with van der Waals surface area (Å²) in [6.07, 6.45) is -0.310. The van der Waals surface area contributed by atoms with Crippen LogP contribution in [0.25, 0.3) is 0 Å². The number of benzene rings is 3. The average Bonchev–Trinajstić information content (AvgIpc) is 2.77. The van der Waals surface area contributed by atoms with E-state index in [1.807, 2.05) is 54.6 Å². The summed E-state index contributed by atoms with van der Waals surface area (Å²) in [7, 11) is -6.80. The molecule has 1 heterocycles. The first-order valence-corrected chi connectivity index (χ1v) is 12.2. The summed E-state index contributed by atoms with van der Waals surface area (Å²) in [4.78, 5) is 14.2. The van der Waals surface area contributed by atoms with E-state index in [1.165, 1.54) is 0 Å². The predicted molar refractivity (Wildman–Crippen MR) is 116 cm³/mol. The van der Waals surface area contributed by atoms with Gasteiger partial charge < -0.3 is 4.55 Å². The molecule has 4 rings (SSSR count). The number of para-hydroxylation sites is 1. The van der Waals surface area contributed by atoms with Gasteiger partial charge in [-0.1, -0.05) is 48.5 Å². The van der Waals surface area contributed by atoms with E-state index in [9.17, 15) is 18.0 Å². The van der Waals surface area contributed by atoms with E-state index in [4.69, 9.17) is 17.5 Å². The fraction of sp³-hybridized carbons (Fsp3) is 0.0952. The van der Waals surface area contributed by atoms with Crippen molar-refractivity contribution in [2.24, 2.45) is 0 Å². The van der Waals surface area contributed by atoms with Crippen molar-refractivity contribution in [1.82, 2.24) is 0 Å². The van der Waals surface area contributed by atoms with Crippen LogP contribution < -0.4 is 20.8 Å². The number of hydrogen-bond donors (Lipinski definition) is 0. The van der Waals surface area contributed by atoms with Crippen LogP contribution in [0.4, 0.5) is 23.7 Å². The van der Waals surface area contributed by atoms with Gasteiger partial charge in [0.25, 0.3) is 7.49 Å². The number of amides is 1. The second kappa shape index (κ2) is 8.90. The van der Waals surface area contributed by atoms with Gasteiger partial charge in [-0.25, -0.2) is 13.2 Å². The van der Waals surface area contributed by atoms with Crippen molar-refractivity contribution < 1.29 is 35.5 Å². The molecule has 0 radical (unpaired) electrons. The third kappa shape index (κ3) is 4.48. The van der Waals surface area contributed by atoms with E-state index < -0.39 is 23.1 Å². The topological polar surface area (TPSA) is 86.7 Å². The van der Waals surface area contributed by atoms with Gasteiger partial charge in [-0.05, 0) is 36.4 Å². The van der Waals surface area contributed by atoms with Crippen LogP contribution in [-0.2, 0) is 14.6 Å². The van der Waals surface area contributed by atoms with Crippen molar-refractivity contribution in [1.29, 1.82) is 0 Å². The van der Waals surface area contributed by atoms with Gasteiger partial charge in [0.05, 0.1) is 5.69 Å². The monoisotopic (exact) mass is 483 g/mol. The Morgan fingerprint density at radius 1 is 0.844 bits per heavy atom. The quantitative estimate of drug-likeness (QED) is 0.316. The third-order valence-corrected chi connectivity index (χ3v) is 8.70. The van der Waals surface area contributed by atoms with Crippen LogP contribution in [0.2, 0.25) is 0 Å². The first-order chi connectivity index (χ1) is 15.0. The number of rotatable bonds is 2. The molecular weight excluding hydrogens is 466 g/mol. The average molecular weight is 483 g/mol. The Morgan fingerprint density at radius 2 is 1.25 bits per heavy atom. The summed E-state index contributed by atoms with van der Waals surface area (Å²) in [6, 6.07) is 28.2. The van der Waals surface area contributed by atoms with Crippen LogP contribution in [0, 0.1) is 0 Å². The number of alkyl halides is 3. The summed E-state index contributed by atoms with van der Waals surface area (Å²) < 4.78 is 65.1. The van der Waals surface area contributed by atoms with Crippen molar-refractivity contribution in [2.45, 2.75) is 5.51 Å². The molecule has 0 atom stereocenters. The molecule has 0 unspecified atom stereocenters. The molecule has 6 nitrogen and oxygen atoms in total. The molecule has 32 heavy (non-hydrogen) atoms. The SMILES string of the molecule is CN1C(=O)O[P+](c2ccccc2)(c2ccccc2)c2ccccc21.O=S(=O)([O-])C(F)(F)F. The Kier molecular flexibility index (Phi) is 6.59. The molecule has 0 bridgehead atoms. The van der Waals surface area contributed by atoms with Crippen molar-refractivity contribution in [3.63, 3.8) is 0 Å². The van der Waals surface area contributed by atoms with Gasteiger partial charge >= 0.3 is 11.6 Å². The predicted octanol–water partition coefficient (Wildman–Crippen LogP) is 3.53. The first-order valence-electron chi connectivity index (χ1n) is 9.08. The lowest BCUT2D eigenvalue weighted by molar-refractivity contribution is -0.0517. The molecule has 0 N–H and O–H groups in total. The lowest BCUT2D eigenvalue weighted by Gasteiger charge is -2.33. The summed E-state index contributed by atoms with van der Waals surface area (Å²) in [5.41, 5.74) is -4.73. The number of anilines is 1. The highest BCUT2D eigenvalue weighted by molar-refractivity contribution is 7.92. The number of fused-ring (bicyclic) bond motifs is 1. The summed E-state index contributed by atoms with van der Waals surface area (Å²) in [5, 5.41) is 3.17. The molecule has 1 aliphatic heterocycles. The molecule has 0 aromatic heterocycles. The molecule has 0 saturated heterocycles. The molecule has 0 fully saturated rings. The van der Waals surface area contributed by atoms with E-state index in [0.717, 1.165) is 21.6 Å². The highest BCUT2D eigenvalue weighted by atomic mass is 32.2. The van der Waals surface area contributed by atoms with Crippen molar-refractivity contribution in [2.75, 3.05) is 11.9 Å². The van der Waals surface area contributed by atoms with Gasteiger partial charge in [0.2, 0.25) is 0 Å². The molecular formula is C21H17F3NO5PS. The molecule has 3 aromatic rings. The Balaban J connectivity index is 0.000000312. The minimum Gasteiger partial charge on any atom is -0.741 e. The van der Waals surface area contributed by atoms with Crippen LogP contribution in [0.3, 0.4) is 0 Å². The molecule has 168 valence electrons. The number of halogens is 3. The van der Waals surface area contributed by atoms with Crippen LogP contribution in [0.15, 0.2) is 84.9 Å². The highest BCUT2D eigenvalue weighted by Crippen LogP contribution is 2.60. The van der Waals surface area contributed by atoms with Gasteiger partial charge in [-0.3, -0.25) is 9.42 Å². The van der Waals surface area contributed by atoms with E-state index in [0.29, 0.717) is 0 Å². The summed E-state index contributed by atoms with van der Waals surface area (Å²) in [5.74, 6) is 0. The number of carbonyl (C=O) groups excluding carboxylic acids is 1. The maximum absolute atomic E-state index is 12.7. The zero-order valence-corrected chi connectivity index (χ0v) is 18.3. The van der Waals surface area contributed by atoms with E-state index >= 15 is 0 Å². The van der Waals surface area contributed by atoms with Crippen LogP contribution >= 0.6 is 7.49 Å². The largest absolute Gasteiger partial charge is 0.741 e. The maximum Gasteiger partial charge on any atom is 0.485 e. The first kappa shape index (κ1) is 23.7. The van der Waals surface area contributed by atoms with Crippen molar-refractivity contribution >= 4 is 45.3 Å². The molecule has 0 spiro atoms. The van der Waals surface area contributed by atoms with Crippen molar-refractivity contribution in [3.05, 3.63) is 84.9 Å². The minimum absolute atomic E-state index is 0.310. The van der Waals surface area contributed by atoms with E-state index in [-0.39, 0.29) is 6.09 Å². The molecule has 0 aliphatic carbocycles. The van der Waals surface area contributed by atoms with Gasteiger partial charge in [0, 0.05) is 7.05 Å². The zero-order chi connectivity index (χ0) is 23.6. The second-order valence-corrected chi connectivity index (χ2v) is 10.9. The van der Waals surface area contributed by atoms with Crippen LogP contribution in [0.5, 0.6) is 0 Å². The Labute approximate surface area is 183 Å². The van der Waals surface area contributed by atoms with Crippen LogP contribution in [0.1, 0.15) is 0 Å². The number of hydrogen-bond acceptors (Lipinski definition) is 5. The Morgan fingerprint density at radius 3 is 1.69 bits per heavy atom. The third-order valence-electron chi connectivity index (χ3n) is 4.59. The van der Waals surface area contributed by atoms with Gasteiger partial charge in [-0.15, -0.1) is 0 Å². The zero-order valence-electron chi connectivity index (χ0n) is 16.6. The second-order valence-electron chi connectivity index (χ2n) is 6.59. The maximum atomic E-state index is 12.7. The van der Waals surface area contributed by atoms with E-state index in [1.54, 1.807) is 11.9 Å². The normalized spacial score (nSPS) is 15.2. The molecule has 0 saturated carbocycles. The minimum atomic E-state index is -6.09. The lowest BCUT2D eigenvalue weighted by atomic mass is 10.3. The summed E-state index contributed by atoms with van der Waals surface area (Å²) in [6.45, 7) is 0. The van der Waals surface area contributed by atoms with Crippen molar-refractivity contribution in [3.8, 4) is 0 Å². The number of nitrogens with zero attached hydrogens (tertiary/aromatic N) is 1.